The second-order valence-electron chi connectivity index (χ2n) is 26.0. The molecule has 0 spiro atoms. The molecule has 19 heteroatoms. The van der Waals surface area contributed by atoms with Crippen LogP contribution in [-0.4, -0.2) is 96.7 Å². The van der Waals surface area contributed by atoms with Gasteiger partial charge in [0.2, 0.25) is 0 Å². The van der Waals surface area contributed by atoms with Gasteiger partial charge in [0.25, 0.3) is 0 Å². The molecule has 0 saturated heterocycles. The third-order valence-electron chi connectivity index (χ3n) is 15.6. The van der Waals surface area contributed by atoms with Crippen LogP contribution in [0.15, 0.2) is 0 Å². The Balaban J connectivity index is 5.22. The monoisotopic (exact) mass is 1280 g/mol. The van der Waals surface area contributed by atoms with Gasteiger partial charge in [0.05, 0.1) is 26.4 Å². The van der Waals surface area contributed by atoms with Crippen LogP contribution in [0.4, 0.5) is 0 Å². The SMILES string of the molecule is CCCCCCCCCCCCCC(=O)OC[C@H](COP(=O)(O)OC[C@@H](O)COP(=O)(O)OC[C@@H](COC(=O)CCCCCCCCC(C)C)OC(=O)CCCCCCCCCC(C)C)OC(=O)CCCCCCCCCCCCCCCCC(C)C. The number of carbonyl (C=O) groups is 4. The predicted octanol–water partition coefficient (Wildman–Crippen LogP) is 19.1. The second-order valence-corrected chi connectivity index (χ2v) is 28.9. The van der Waals surface area contributed by atoms with Crippen molar-refractivity contribution in [1.29, 1.82) is 0 Å². The van der Waals surface area contributed by atoms with Gasteiger partial charge < -0.3 is 33.8 Å². The Bertz CT molecular complexity index is 1720. The zero-order valence-electron chi connectivity index (χ0n) is 56.5. The highest BCUT2D eigenvalue weighted by atomic mass is 31.2. The van der Waals surface area contributed by atoms with Gasteiger partial charge in [-0.3, -0.25) is 37.3 Å². The van der Waals surface area contributed by atoms with E-state index in [4.69, 9.17) is 37.0 Å². The molecule has 0 bridgehead atoms. The predicted molar refractivity (Wildman–Crippen MR) is 349 cm³/mol. The Morgan fingerprint density at radius 3 is 0.782 bits per heavy atom. The number of hydrogen-bond donors (Lipinski definition) is 3. The topological polar surface area (TPSA) is 237 Å². The fourth-order valence-corrected chi connectivity index (χ4v) is 11.8. The van der Waals surface area contributed by atoms with Crippen LogP contribution in [-0.2, 0) is 65.4 Å². The first-order valence-corrected chi connectivity index (χ1v) is 38.3. The van der Waals surface area contributed by atoms with Crippen LogP contribution in [0.3, 0.4) is 0 Å². The third-order valence-corrected chi connectivity index (χ3v) is 17.5. The molecule has 516 valence electrons. The maximum atomic E-state index is 13.0. The molecule has 0 aliphatic rings. The van der Waals surface area contributed by atoms with Crippen LogP contribution in [0.2, 0.25) is 0 Å². The summed E-state index contributed by atoms with van der Waals surface area (Å²) in [5.41, 5.74) is 0. The zero-order valence-corrected chi connectivity index (χ0v) is 58.3. The van der Waals surface area contributed by atoms with Crippen LogP contribution in [0.5, 0.6) is 0 Å². The highest BCUT2D eigenvalue weighted by molar-refractivity contribution is 7.47. The van der Waals surface area contributed by atoms with Gasteiger partial charge >= 0.3 is 39.5 Å². The molecule has 0 aliphatic carbocycles. The Hall–Kier alpha value is -1.94. The number of ether oxygens (including phenoxy) is 4. The molecular weight excluding hydrogens is 1150 g/mol. The first-order valence-electron chi connectivity index (χ1n) is 35.3. The van der Waals surface area contributed by atoms with Crippen molar-refractivity contribution >= 4 is 39.5 Å². The summed E-state index contributed by atoms with van der Waals surface area (Å²) in [6.07, 6.45) is 41.9. The Kier molecular flexibility index (Phi) is 57.8. The first kappa shape index (κ1) is 85.1. The van der Waals surface area contributed by atoms with E-state index in [9.17, 15) is 43.2 Å². The van der Waals surface area contributed by atoms with Crippen molar-refractivity contribution in [2.24, 2.45) is 17.8 Å². The molecule has 0 radical (unpaired) electrons. The van der Waals surface area contributed by atoms with E-state index in [0.29, 0.717) is 37.5 Å². The molecule has 0 amide bonds. The molecule has 2 unspecified atom stereocenters. The molecular formula is C68H132O17P2. The van der Waals surface area contributed by atoms with Crippen molar-refractivity contribution in [1.82, 2.24) is 0 Å². The quantitative estimate of drug-likeness (QED) is 0.0222. The van der Waals surface area contributed by atoms with E-state index >= 15 is 0 Å². The van der Waals surface area contributed by atoms with E-state index in [1.165, 1.54) is 141 Å². The largest absolute Gasteiger partial charge is 0.472 e. The van der Waals surface area contributed by atoms with Gasteiger partial charge in [0, 0.05) is 25.7 Å². The summed E-state index contributed by atoms with van der Waals surface area (Å²) in [6, 6.07) is 0. The van der Waals surface area contributed by atoms with Crippen molar-refractivity contribution in [3.05, 3.63) is 0 Å². The average Bonchev–Trinajstić information content (AvgIpc) is 3.69. The molecule has 0 aromatic heterocycles. The number of aliphatic hydroxyl groups excluding tert-OH is 1. The van der Waals surface area contributed by atoms with Crippen molar-refractivity contribution in [3.63, 3.8) is 0 Å². The van der Waals surface area contributed by atoms with Crippen molar-refractivity contribution < 1.29 is 80.2 Å². The lowest BCUT2D eigenvalue weighted by atomic mass is 10.0. The molecule has 5 atom stereocenters. The lowest BCUT2D eigenvalue weighted by Crippen LogP contribution is -2.30. The molecule has 87 heavy (non-hydrogen) atoms. The maximum Gasteiger partial charge on any atom is 0.472 e. The number of hydrogen-bond acceptors (Lipinski definition) is 15. The second kappa shape index (κ2) is 59.1. The minimum absolute atomic E-state index is 0.102. The van der Waals surface area contributed by atoms with Crippen molar-refractivity contribution in [2.45, 2.75) is 356 Å². The Morgan fingerprint density at radius 1 is 0.310 bits per heavy atom. The van der Waals surface area contributed by atoms with Gasteiger partial charge in [-0.15, -0.1) is 0 Å². The first-order chi connectivity index (χ1) is 41.7. The average molecular weight is 1280 g/mol. The number of esters is 4. The summed E-state index contributed by atoms with van der Waals surface area (Å²) in [7, 11) is -9.89. The Labute approximate surface area is 530 Å². The fraction of sp³-hybridized carbons (Fsp3) is 0.941. The number of phosphoric acid groups is 2. The number of unbranched alkanes of at least 4 members (excludes halogenated alkanes) is 34. The van der Waals surface area contributed by atoms with Crippen molar-refractivity contribution in [2.75, 3.05) is 39.6 Å². The van der Waals surface area contributed by atoms with E-state index in [2.05, 4.69) is 48.5 Å². The normalized spacial score (nSPS) is 14.3. The lowest BCUT2D eigenvalue weighted by molar-refractivity contribution is -0.161. The van der Waals surface area contributed by atoms with Gasteiger partial charge in [0.1, 0.15) is 19.3 Å². The maximum absolute atomic E-state index is 13.0. The summed E-state index contributed by atoms with van der Waals surface area (Å²) in [4.78, 5) is 72.3. The summed E-state index contributed by atoms with van der Waals surface area (Å²) in [6.45, 7) is 11.7. The van der Waals surface area contributed by atoms with Gasteiger partial charge in [0.15, 0.2) is 12.2 Å². The molecule has 0 aromatic rings. The molecule has 0 heterocycles. The standard InChI is InChI=1S/C68H132O17P2/c1-8-9-10-11-12-13-18-22-27-35-42-49-65(70)78-55-63(84-67(72)51-44-37-28-23-20-17-15-14-16-19-21-25-32-39-46-59(2)3)57-82-86(74,75)80-53-62(69)54-81-87(76,77)83-58-64(56-79-66(71)50-43-36-31-30-34-41-48-61(6)7)85-68(73)52-45-38-29-24-26-33-40-47-60(4)5/h59-64,69H,8-58H2,1-7H3,(H,74,75)(H,76,77)/t62-,63-,64-/m1/s1. The van der Waals surface area contributed by atoms with Crippen LogP contribution in [0, 0.1) is 17.8 Å². The minimum Gasteiger partial charge on any atom is -0.462 e. The van der Waals surface area contributed by atoms with Crippen molar-refractivity contribution in [3.8, 4) is 0 Å². The fourth-order valence-electron chi connectivity index (χ4n) is 10.2. The molecule has 0 fully saturated rings. The number of carbonyl (C=O) groups excluding carboxylic acids is 4. The van der Waals surface area contributed by atoms with E-state index in [-0.39, 0.29) is 25.7 Å². The summed E-state index contributed by atoms with van der Waals surface area (Å²) in [5.74, 6) is 0.0376. The highest BCUT2D eigenvalue weighted by Gasteiger charge is 2.30. The summed E-state index contributed by atoms with van der Waals surface area (Å²) in [5, 5.41) is 10.6. The van der Waals surface area contributed by atoms with E-state index in [1.54, 1.807) is 0 Å². The van der Waals surface area contributed by atoms with Gasteiger partial charge in [-0.1, -0.05) is 286 Å². The van der Waals surface area contributed by atoms with Gasteiger partial charge in [-0.05, 0) is 43.4 Å². The Morgan fingerprint density at radius 2 is 0.529 bits per heavy atom. The molecule has 0 rings (SSSR count). The van der Waals surface area contributed by atoms with E-state index < -0.39 is 97.5 Å². The number of aliphatic hydroxyl groups is 1. The number of rotatable bonds is 66. The molecule has 17 nitrogen and oxygen atoms in total. The molecule has 3 N–H and O–H groups in total. The smallest absolute Gasteiger partial charge is 0.462 e. The highest BCUT2D eigenvalue weighted by Crippen LogP contribution is 2.45. The summed E-state index contributed by atoms with van der Waals surface area (Å²) < 4.78 is 68.1. The number of phosphoric ester groups is 2. The van der Waals surface area contributed by atoms with Crippen LogP contribution < -0.4 is 0 Å². The summed E-state index contributed by atoms with van der Waals surface area (Å²) >= 11 is 0. The van der Waals surface area contributed by atoms with Gasteiger partial charge in [-0.25, -0.2) is 9.13 Å². The minimum atomic E-state index is -4.95. The van der Waals surface area contributed by atoms with Crippen LogP contribution in [0.25, 0.3) is 0 Å². The van der Waals surface area contributed by atoms with E-state index in [0.717, 1.165) is 102 Å². The van der Waals surface area contributed by atoms with Crippen LogP contribution >= 0.6 is 15.6 Å². The molecule has 0 aliphatic heterocycles. The lowest BCUT2D eigenvalue weighted by Gasteiger charge is -2.21. The molecule has 0 saturated carbocycles. The van der Waals surface area contributed by atoms with Gasteiger partial charge in [-0.2, -0.15) is 0 Å². The zero-order chi connectivity index (χ0) is 64.5. The third kappa shape index (κ3) is 62.6. The van der Waals surface area contributed by atoms with Crippen LogP contribution in [0.1, 0.15) is 337 Å². The molecule has 0 aromatic carbocycles. The van der Waals surface area contributed by atoms with E-state index in [1.807, 2.05) is 0 Å².